The number of hydrogen-bond donors (Lipinski definition) is 12. The van der Waals surface area contributed by atoms with Gasteiger partial charge < -0.3 is 68.0 Å². The third-order valence-corrected chi connectivity index (χ3v) is 21.2. The third-order valence-electron chi connectivity index (χ3n) is 21.2. The van der Waals surface area contributed by atoms with Gasteiger partial charge in [-0.1, -0.05) is 274 Å². The smallest absolute Gasteiger partial charge is 0.222 e. The van der Waals surface area contributed by atoms with Crippen LogP contribution >= 0.6 is 0 Å². The predicted molar refractivity (Wildman–Crippen MR) is 601 cm³/mol. The summed E-state index contributed by atoms with van der Waals surface area (Å²) in [5.74, 6) is 2.95. The second kappa shape index (κ2) is 54.6. The lowest BCUT2D eigenvalue weighted by atomic mass is 9.86. The van der Waals surface area contributed by atoms with Crippen molar-refractivity contribution in [3.05, 3.63) is 241 Å². The maximum atomic E-state index is 13.4. The van der Waals surface area contributed by atoms with Gasteiger partial charge >= 0.3 is 0 Å². The molecule has 804 valence electrons. The Balaban J connectivity index is 0.000000807. The monoisotopic (exact) mass is 2040 g/mol. The number of pyridine rings is 5. The second-order valence-electron chi connectivity index (χ2n) is 47.3. The van der Waals surface area contributed by atoms with Gasteiger partial charge in [0.1, 0.15) is 58.8 Å². The molecule has 0 unspecified atom stereocenters. The van der Waals surface area contributed by atoms with Crippen LogP contribution in [0.2, 0.25) is 0 Å². The minimum Gasteiger partial charge on any atom is -0.384 e. The Morgan fingerprint density at radius 1 is 0.264 bits per heavy atom. The number of hydrogen-bond acceptors (Lipinski definition) is 34. The molecule has 12 rings (SSSR count). The van der Waals surface area contributed by atoms with Gasteiger partial charge in [0.05, 0.1) is 41.4 Å². The van der Waals surface area contributed by atoms with Crippen molar-refractivity contribution in [2.45, 2.75) is 349 Å². The quantitative estimate of drug-likeness (QED) is 0.0715. The van der Waals surface area contributed by atoms with Crippen LogP contribution in [0, 0.1) is 86.3 Å². The summed E-state index contributed by atoms with van der Waals surface area (Å²) in [5.41, 5.74) is 70.9. The summed E-state index contributed by atoms with van der Waals surface area (Å²) in [7, 11) is 3.69. The molecular formula is C111H169F3N34. The number of anilines is 12. The Kier molecular flexibility index (Phi) is 48.4. The lowest BCUT2D eigenvalue weighted by Crippen LogP contribution is -2.18. The van der Waals surface area contributed by atoms with Gasteiger partial charge in [0.15, 0.2) is 28.8 Å². The van der Waals surface area contributed by atoms with Gasteiger partial charge in [0.2, 0.25) is 35.7 Å². The molecule has 12 heterocycles. The fraction of sp³-hybridized carbons (Fsp3) is 0.495. The number of nitrogen functional groups attached to an aromatic ring is 10. The van der Waals surface area contributed by atoms with Gasteiger partial charge in [-0.25, -0.2) is 79.2 Å². The van der Waals surface area contributed by atoms with E-state index in [1.54, 1.807) is 37.8 Å². The highest BCUT2D eigenvalue weighted by Gasteiger charge is 2.28. The molecule has 0 aromatic carbocycles. The maximum absolute atomic E-state index is 13.4. The van der Waals surface area contributed by atoms with Crippen LogP contribution in [0.3, 0.4) is 0 Å². The molecular weight excluding hydrogens is 1870 g/mol. The lowest BCUT2D eigenvalue weighted by molar-refractivity contribution is 0.491. The molecule has 148 heavy (non-hydrogen) atoms. The molecule has 0 aliphatic rings. The number of aromatic nitrogens is 19. The van der Waals surface area contributed by atoms with Crippen LogP contribution in [0.1, 0.15) is 362 Å². The fourth-order valence-electron chi connectivity index (χ4n) is 12.8. The van der Waals surface area contributed by atoms with E-state index in [-0.39, 0.29) is 100 Å². The van der Waals surface area contributed by atoms with Gasteiger partial charge in [0.25, 0.3) is 0 Å². The Morgan fingerprint density at radius 2 is 0.655 bits per heavy atom. The van der Waals surface area contributed by atoms with Gasteiger partial charge in [-0.3, -0.25) is 9.97 Å². The van der Waals surface area contributed by atoms with Crippen molar-refractivity contribution in [2.24, 2.45) is 0 Å². The summed E-state index contributed by atoms with van der Waals surface area (Å²) in [6.07, 6.45) is 17.0. The topological polar surface area (TPSA) is 601 Å². The average molecular weight is 2040 g/mol. The molecule has 0 saturated heterocycles. The number of nitrogens with two attached hydrogens (primary N) is 10. The fourth-order valence-corrected chi connectivity index (χ4v) is 12.8. The molecule has 0 fully saturated rings. The number of halogens is 3. The Morgan fingerprint density at radius 3 is 1.04 bits per heavy atom. The largest absolute Gasteiger partial charge is 0.384 e. The van der Waals surface area contributed by atoms with Crippen molar-refractivity contribution in [2.75, 3.05) is 82.1 Å². The average Bonchev–Trinajstić information content (AvgIpc) is 0.856. The van der Waals surface area contributed by atoms with Crippen LogP contribution in [0.15, 0.2) is 110 Å². The first-order valence-electron chi connectivity index (χ1n) is 48.2. The van der Waals surface area contributed by atoms with Gasteiger partial charge in [-0.05, 0) is 152 Å². The number of nitrogens with one attached hydrogen (secondary N) is 2. The molecule has 0 aliphatic heterocycles. The van der Waals surface area contributed by atoms with Gasteiger partial charge in [-0.15, -0.1) is 0 Å². The standard InChI is InChI=1S/C10H13N3.3C10H16N2.C9H14FN3.C9H13FN2.2C9H12N4.3C9H15N3.C8H12FN3/c1-10(2,3)7-4-5-9(12)13-8(7)6-11;1-7-5-8(10(2,3)4)6-12-9(7)11;1-10(2,3)8-5-6-9(11-4)12-7-8;1-7-8(10(2,3)4)5-6-9(11)12-7;1-5-6(9(2,3)4)7(10)13-8(11)12-5;1-9(2,3)6-4-7(10)8(11)12-5-6;1-9(2,3)8-6(4-10)13-7(11)5-12-8;1-9(2,3)7-5-12-8(11)6(4-10)13-7;1-9(2,3)7-5-11-8(10-4)12-6-7;1-6-8(9(2,3)4)11-5-7(10)12-6;1-6-7(9(2,3)4)5-11-8(10)12-6;1-8(2,3)5-4-11-7(10)12-6(5)9/h4-5H,1-3H3,(H2,12,13);5-6H,1-4H3,(H2,11,12);5-7H,1-4H3,(H,11,12);5-6H,1-4H3,(H2,11,12);1-4H3,(H2,11,12,13);4-5H,1-3H3,(H2,11,12);5H,1-3H3,(H2,11,13);5H,1-3H3,(H2,11,12);5-6H,1-4H3,(H,10,11,12);5H,1-4H3,(H2,10,12);5H,1-4H3,(H2,10,11,12);4H,1-3H3,(H2,10,11,12). The van der Waals surface area contributed by atoms with Crippen molar-refractivity contribution in [3.63, 3.8) is 0 Å². The minimum absolute atomic E-state index is 0.0111. The summed E-state index contributed by atoms with van der Waals surface area (Å²) in [5, 5.41) is 32.2. The van der Waals surface area contributed by atoms with Crippen molar-refractivity contribution < 1.29 is 13.2 Å². The number of rotatable bonds is 2. The second-order valence-corrected chi connectivity index (χ2v) is 47.3. The molecule has 34 nitrogen and oxygen atoms in total. The summed E-state index contributed by atoms with van der Waals surface area (Å²) in [6, 6.07) is 21.1. The van der Waals surface area contributed by atoms with E-state index in [0.717, 1.165) is 62.1 Å². The summed E-state index contributed by atoms with van der Waals surface area (Å²) < 4.78 is 39.4. The minimum atomic E-state index is -0.532. The van der Waals surface area contributed by atoms with E-state index in [1.165, 1.54) is 35.2 Å². The normalized spacial score (nSPS) is 11.4. The predicted octanol–water partition coefficient (Wildman–Crippen LogP) is 21.8. The number of nitrogens with zero attached hydrogens (tertiary/aromatic N) is 22. The van der Waals surface area contributed by atoms with E-state index in [1.807, 2.05) is 222 Å². The van der Waals surface area contributed by atoms with E-state index >= 15 is 0 Å². The first-order chi connectivity index (χ1) is 67.2. The SMILES string of the molecule is CC(C)(C)c1ccc(N)nc1C#N.CC(C)(C)c1cnc(N)c(C#N)n1.CC(C)(C)c1cnc(N)c(F)c1.CC(C)(C)c1cnc(N)nc1F.CC(C)(C)c1ncc(N)nc1C#N.CNc1ccc(C(C)(C)C)cn1.CNc1ncc(C(C)(C)C)cn1.Cc1cc(C(C)(C)C)cnc1N.Cc1nc(N)ccc1C(C)(C)C.Cc1nc(N)cnc1C(C)(C)C.Cc1nc(N)nc(F)c1C(C)(C)C.Cc1nc(N)ncc1C(C)(C)C. The molecule has 0 saturated carbocycles. The van der Waals surface area contributed by atoms with Crippen LogP contribution in [0.4, 0.5) is 83.5 Å². The lowest BCUT2D eigenvalue weighted by Gasteiger charge is -2.20. The van der Waals surface area contributed by atoms with E-state index < -0.39 is 17.7 Å². The summed E-state index contributed by atoms with van der Waals surface area (Å²) in [4.78, 5) is 75.7. The van der Waals surface area contributed by atoms with E-state index in [2.05, 4.69) is 254 Å². The molecule has 0 radical (unpaired) electrons. The van der Waals surface area contributed by atoms with Crippen LogP contribution in [-0.4, -0.2) is 109 Å². The van der Waals surface area contributed by atoms with Crippen LogP contribution in [0.25, 0.3) is 0 Å². The van der Waals surface area contributed by atoms with E-state index in [0.29, 0.717) is 69.1 Å². The highest BCUT2D eigenvalue weighted by Crippen LogP contribution is 2.34. The molecule has 0 atom stereocenters. The molecule has 12 aromatic rings. The van der Waals surface area contributed by atoms with Gasteiger partial charge in [-0.2, -0.15) is 34.5 Å². The molecule has 0 spiro atoms. The van der Waals surface area contributed by atoms with Gasteiger partial charge in [0, 0.05) is 102 Å². The highest BCUT2D eigenvalue weighted by molar-refractivity contribution is 5.47. The third kappa shape index (κ3) is 45.9. The Bertz CT molecular complexity index is 5920. The zero-order valence-corrected chi connectivity index (χ0v) is 96.1. The van der Waals surface area contributed by atoms with E-state index in [9.17, 15) is 13.2 Å². The molecule has 37 heteroatoms. The van der Waals surface area contributed by atoms with Crippen molar-refractivity contribution in [1.82, 2.24) is 94.7 Å². The van der Waals surface area contributed by atoms with Crippen molar-refractivity contribution in [1.29, 1.82) is 15.8 Å². The van der Waals surface area contributed by atoms with Crippen molar-refractivity contribution >= 4 is 70.3 Å². The zero-order chi connectivity index (χ0) is 115. The summed E-state index contributed by atoms with van der Waals surface area (Å²) >= 11 is 0. The summed E-state index contributed by atoms with van der Waals surface area (Å²) in [6.45, 7) is 83.9. The van der Waals surface area contributed by atoms with Crippen LogP contribution < -0.4 is 68.0 Å². The van der Waals surface area contributed by atoms with Crippen LogP contribution in [0.5, 0.6) is 0 Å². The first kappa shape index (κ1) is 131. The molecule has 0 amide bonds. The number of aryl methyl sites for hydroxylation is 5. The van der Waals surface area contributed by atoms with E-state index in [4.69, 9.17) is 73.1 Å². The number of nitriles is 3. The maximum Gasteiger partial charge on any atom is 0.222 e. The molecule has 12 aromatic heterocycles. The Hall–Kier alpha value is -14.8. The Labute approximate surface area is 879 Å². The molecule has 0 aliphatic carbocycles. The molecule has 22 N–H and O–H groups in total. The van der Waals surface area contributed by atoms with Crippen molar-refractivity contribution in [3.8, 4) is 18.2 Å². The highest BCUT2D eigenvalue weighted by atomic mass is 19.1. The van der Waals surface area contributed by atoms with Crippen LogP contribution in [-0.2, 0) is 65.0 Å². The first-order valence-corrected chi connectivity index (χ1v) is 48.2. The zero-order valence-electron chi connectivity index (χ0n) is 96.1. The molecule has 0 bridgehead atoms.